The molecule has 1 N–H and O–H groups in total. The highest BCUT2D eigenvalue weighted by atomic mass is 16.3. The number of likely N-dealkylation sites (N-methyl/N-ethyl adjacent to an activating group) is 1. The van der Waals surface area contributed by atoms with Gasteiger partial charge < -0.3 is 14.9 Å². The Morgan fingerprint density at radius 1 is 1.04 bits per heavy atom. The standard InChI is InChI=1S/C19H31N3O/c1-16-3-5-17(6-4-16)21-10-7-18(8-11-21)22-13-12-20(2)19(15-22)9-14-23/h3-6,18-19,23H,7-15H2,1-2H3/t19-/m1/s1. The fraction of sp³-hybridized carbons (Fsp3) is 0.684. The number of hydrogen-bond donors (Lipinski definition) is 1. The number of benzene rings is 1. The normalized spacial score (nSPS) is 25.0. The van der Waals surface area contributed by atoms with Gasteiger partial charge in [0.25, 0.3) is 0 Å². The fourth-order valence-electron chi connectivity index (χ4n) is 4.01. The van der Waals surface area contributed by atoms with Crippen LogP contribution in [0.25, 0.3) is 0 Å². The van der Waals surface area contributed by atoms with Crippen molar-refractivity contribution in [3.63, 3.8) is 0 Å². The van der Waals surface area contributed by atoms with Crippen molar-refractivity contribution in [3.05, 3.63) is 29.8 Å². The molecule has 2 heterocycles. The molecule has 0 aliphatic carbocycles. The highest BCUT2D eigenvalue weighted by Gasteiger charge is 2.30. The van der Waals surface area contributed by atoms with Crippen LogP contribution >= 0.6 is 0 Å². The number of aliphatic hydroxyl groups excluding tert-OH is 1. The SMILES string of the molecule is Cc1ccc(N2CCC(N3CCN(C)[C@H](CCO)C3)CC2)cc1. The Balaban J connectivity index is 1.53. The number of aryl methyl sites for hydroxylation is 1. The van der Waals surface area contributed by atoms with Gasteiger partial charge in [0.2, 0.25) is 0 Å². The van der Waals surface area contributed by atoms with Crippen molar-refractivity contribution in [1.82, 2.24) is 9.80 Å². The molecule has 2 aliphatic rings. The van der Waals surface area contributed by atoms with Gasteiger partial charge in [-0.15, -0.1) is 0 Å². The van der Waals surface area contributed by atoms with Gasteiger partial charge in [0.1, 0.15) is 0 Å². The molecule has 1 atom stereocenters. The number of anilines is 1. The van der Waals surface area contributed by atoms with Gasteiger partial charge in [0, 0.05) is 57.1 Å². The number of hydrogen-bond acceptors (Lipinski definition) is 4. The monoisotopic (exact) mass is 317 g/mol. The van der Waals surface area contributed by atoms with E-state index in [4.69, 9.17) is 0 Å². The Labute approximate surface area is 140 Å². The summed E-state index contributed by atoms with van der Waals surface area (Å²) in [4.78, 5) is 7.61. The Kier molecular flexibility index (Phi) is 5.57. The summed E-state index contributed by atoms with van der Waals surface area (Å²) < 4.78 is 0. The van der Waals surface area contributed by atoms with Gasteiger partial charge in [-0.1, -0.05) is 17.7 Å². The van der Waals surface area contributed by atoms with E-state index in [2.05, 4.69) is 52.9 Å². The number of piperidine rings is 1. The third kappa shape index (κ3) is 4.06. The highest BCUT2D eigenvalue weighted by molar-refractivity contribution is 5.47. The Morgan fingerprint density at radius 3 is 2.39 bits per heavy atom. The van der Waals surface area contributed by atoms with E-state index in [-0.39, 0.29) is 0 Å². The van der Waals surface area contributed by atoms with E-state index in [0.29, 0.717) is 18.7 Å². The van der Waals surface area contributed by atoms with E-state index < -0.39 is 0 Å². The predicted molar refractivity (Wildman–Crippen MR) is 96.1 cm³/mol. The Morgan fingerprint density at radius 2 is 1.74 bits per heavy atom. The Hall–Kier alpha value is -1.10. The third-order valence-electron chi connectivity index (χ3n) is 5.65. The lowest BCUT2D eigenvalue weighted by molar-refractivity contribution is 0.0446. The van der Waals surface area contributed by atoms with Crippen LogP contribution in [0.1, 0.15) is 24.8 Å². The minimum atomic E-state index is 0.300. The molecule has 0 spiro atoms. The summed E-state index contributed by atoms with van der Waals surface area (Å²) in [7, 11) is 2.19. The zero-order valence-corrected chi connectivity index (χ0v) is 14.6. The number of nitrogens with zero attached hydrogens (tertiary/aromatic N) is 3. The van der Waals surface area contributed by atoms with Crippen LogP contribution in [-0.4, -0.2) is 73.4 Å². The van der Waals surface area contributed by atoms with Crippen LogP contribution in [0.15, 0.2) is 24.3 Å². The molecular formula is C19H31N3O. The fourth-order valence-corrected chi connectivity index (χ4v) is 4.01. The second-order valence-corrected chi connectivity index (χ2v) is 7.20. The van der Waals surface area contributed by atoms with Gasteiger partial charge in [-0.3, -0.25) is 4.90 Å². The van der Waals surface area contributed by atoms with Crippen LogP contribution in [0.4, 0.5) is 5.69 Å². The highest BCUT2D eigenvalue weighted by Crippen LogP contribution is 2.24. The van der Waals surface area contributed by atoms with Gasteiger partial charge in [-0.05, 0) is 45.4 Å². The molecule has 0 bridgehead atoms. The summed E-state index contributed by atoms with van der Waals surface area (Å²) in [5.74, 6) is 0. The molecule has 0 aromatic heterocycles. The maximum atomic E-state index is 9.26. The lowest BCUT2D eigenvalue weighted by Crippen LogP contribution is -2.56. The molecule has 3 rings (SSSR count). The summed E-state index contributed by atoms with van der Waals surface area (Å²) in [6, 6.07) is 10.2. The minimum Gasteiger partial charge on any atom is -0.396 e. The quantitative estimate of drug-likeness (QED) is 0.919. The van der Waals surface area contributed by atoms with E-state index in [1.807, 2.05) is 0 Å². The topological polar surface area (TPSA) is 30.0 Å². The first-order chi connectivity index (χ1) is 11.2. The third-order valence-corrected chi connectivity index (χ3v) is 5.65. The molecular weight excluding hydrogens is 286 g/mol. The molecule has 2 saturated heterocycles. The van der Waals surface area contributed by atoms with Gasteiger partial charge in [0.05, 0.1) is 0 Å². The molecule has 4 nitrogen and oxygen atoms in total. The van der Waals surface area contributed by atoms with E-state index in [0.717, 1.165) is 32.6 Å². The van der Waals surface area contributed by atoms with Crippen LogP contribution in [0.2, 0.25) is 0 Å². The summed E-state index contributed by atoms with van der Waals surface area (Å²) in [5, 5.41) is 9.26. The molecule has 0 saturated carbocycles. The molecule has 2 aliphatic heterocycles. The molecule has 0 amide bonds. The molecule has 0 radical (unpaired) electrons. The molecule has 2 fully saturated rings. The van der Waals surface area contributed by atoms with Gasteiger partial charge in [-0.25, -0.2) is 0 Å². The van der Waals surface area contributed by atoms with Crippen molar-refractivity contribution in [1.29, 1.82) is 0 Å². The molecule has 4 heteroatoms. The average molecular weight is 317 g/mol. The zero-order chi connectivity index (χ0) is 16.2. The minimum absolute atomic E-state index is 0.300. The molecule has 128 valence electrons. The molecule has 0 unspecified atom stereocenters. The largest absolute Gasteiger partial charge is 0.396 e. The van der Waals surface area contributed by atoms with E-state index in [1.54, 1.807) is 0 Å². The number of aliphatic hydroxyl groups is 1. The summed E-state index contributed by atoms with van der Waals surface area (Å²) in [5.41, 5.74) is 2.70. The van der Waals surface area contributed by atoms with Crippen LogP contribution in [-0.2, 0) is 0 Å². The van der Waals surface area contributed by atoms with Crippen LogP contribution in [0, 0.1) is 6.92 Å². The van der Waals surface area contributed by atoms with E-state index >= 15 is 0 Å². The van der Waals surface area contributed by atoms with Crippen molar-refractivity contribution < 1.29 is 5.11 Å². The van der Waals surface area contributed by atoms with Crippen molar-refractivity contribution in [2.45, 2.75) is 38.3 Å². The maximum Gasteiger partial charge on any atom is 0.0446 e. The van der Waals surface area contributed by atoms with Crippen LogP contribution in [0.3, 0.4) is 0 Å². The summed E-state index contributed by atoms with van der Waals surface area (Å²) >= 11 is 0. The van der Waals surface area contributed by atoms with Crippen molar-refractivity contribution in [3.8, 4) is 0 Å². The second-order valence-electron chi connectivity index (χ2n) is 7.20. The summed E-state index contributed by atoms with van der Waals surface area (Å²) in [6.07, 6.45) is 3.40. The molecule has 23 heavy (non-hydrogen) atoms. The zero-order valence-electron chi connectivity index (χ0n) is 14.6. The predicted octanol–water partition coefficient (Wildman–Crippen LogP) is 1.96. The maximum absolute atomic E-state index is 9.26. The lowest BCUT2D eigenvalue weighted by Gasteiger charge is -2.45. The number of rotatable bonds is 4. The molecule has 1 aromatic rings. The molecule has 1 aromatic carbocycles. The summed E-state index contributed by atoms with van der Waals surface area (Å²) in [6.45, 7) is 8.18. The van der Waals surface area contributed by atoms with E-state index in [9.17, 15) is 5.11 Å². The average Bonchev–Trinajstić information content (AvgIpc) is 2.58. The lowest BCUT2D eigenvalue weighted by atomic mass is 9.99. The first kappa shape index (κ1) is 16.7. The first-order valence-electron chi connectivity index (χ1n) is 9.04. The van der Waals surface area contributed by atoms with Gasteiger partial charge in [-0.2, -0.15) is 0 Å². The second kappa shape index (κ2) is 7.65. The van der Waals surface area contributed by atoms with Crippen LogP contribution in [0.5, 0.6) is 0 Å². The van der Waals surface area contributed by atoms with E-state index in [1.165, 1.54) is 30.6 Å². The van der Waals surface area contributed by atoms with Gasteiger partial charge >= 0.3 is 0 Å². The van der Waals surface area contributed by atoms with Gasteiger partial charge in [0.15, 0.2) is 0 Å². The van der Waals surface area contributed by atoms with Crippen LogP contribution < -0.4 is 4.90 Å². The van der Waals surface area contributed by atoms with Crippen molar-refractivity contribution in [2.24, 2.45) is 0 Å². The smallest absolute Gasteiger partial charge is 0.0446 e. The Bertz CT molecular complexity index is 482. The van der Waals surface area contributed by atoms with Crippen molar-refractivity contribution in [2.75, 3.05) is 51.3 Å². The van der Waals surface area contributed by atoms with Crippen molar-refractivity contribution >= 4 is 5.69 Å². The first-order valence-corrected chi connectivity index (χ1v) is 9.04. The number of piperazine rings is 1.